The van der Waals surface area contributed by atoms with Crippen molar-refractivity contribution in [2.75, 3.05) is 0 Å². The van der Waals surface area contributed by atoms with E-state index in [0.717, 1.165) is 5.56 Å². The number of hydrogen-bond donors (Lipinski definition) is 0. The largest absolute Gasteiger partial charge is 0.207 e. The van der Waals surface area contributed by atoms with Crippen LogP contribution in [-0.2, 0) is 6.42 Å². The van der Waals surface area contributed by atoms with Crippen LogP contribution in [0.3, 0.4) is 0 Å². The maximum Gasteiger partial charge on any atom is 0.126 e. The van der Waals surface area contributed by atoms with Crippen LogP contribution in [0.5, 0.6) is 0 Å². The first-order valence-electron chi connectivity index (χ1n) is 3.43. The van der Waals surface area contributed by atoms with Gasteiger partial charge in [-0.1, -0.05) is 12.1 Å². The topological polar surface area (TPSA) is 0 Å². The Hall–Kier alpha value is -1.29. The van der Waals surface area contributed by atoms with Crippen LogP contribution >= 0.6 is 0 Å². The predicted molar refractivity (Wildman–Crippen MR) is 43.7 cm³/mol. The summed E-state index contributed by atoms with van der Waals surface area (Å²) >= 11 is 0. The quantitative estimate of drug-likeness (QED) is 0.536. The molecule has 0 radical (unpaired) electrons. The van der Waals surface area contributed by atoms with Crippen LogP contribution in [0.1, 0.15) is 11.1 Å². The van der Waals surface area contributed by atoms with Gasteiger partial charge in [-0.25, -0.2) is 4.39 Å². The molecule has 0 saturated heterocycles. The van der Waals surface area contributed by atoms with Gasteiger partial charge < -0.3 is 0 Å². The molecule has 1 aromatic rings. The zero-order valence-corrected chi connectivity index (χ0v) is 6.39. The van der Waals surface area contributed by atoms with Crippen molar-refractivity contribution >= 4 is 0 Å². The van der Waals surface area contributed by atoms with Gasteiger partial charge in [0.2, 0.25) is 0 Å². The molecule has 0 unspecified atom stereocenters. The SMILES string of the molecule is C#CCc1cccc(F)c1C. The molecular formula is C10H9F. The third-order valence-corrected chi connectivity index (χ3v) is 1.67. The molecule has 0 saturated carbocycles. The Labute approximate surface area is 66.1 Å². The van der Waals surface area contributed by atoms with Gasteiger partial charge >= 0.3 is 0 Å². The first-order valence-corrected chi connectivity index (χ1v) is 3.43. The molecule has 0 heterocycles. The van der Waals surface area contributed by atoms with E-state index >= 15 is 0 Å². The lowest BCUT2D eigenvalue weighted by Gasteiger charge is -2.01. The predicted octanol–water partition coefficient (Wildman–Crippen LogP) is 2.31. The molecule has 0 fully saturated rings. The minimum atomic E-state index is -0.183. The van der Waals surface area contributed by atoms with Crippen molar-refractivity contribution in [1.82, 2.24) is 0 Å². The molecule has 0 spiro atoms. The molecule has 0 aliphatic rings. The smallest absolute Gasteiger partial charge is 0.126 e. The maximum absolute atomic E-state index is 12.8. The van der Waals surface area contributed by atoms with E-state index in [4.69, 9.17) is 6.42 Å². The van der Waals surface area contributed by atoms with Gasteiger partial charge in [-0.15, -0.1) is 12.3 Å². The van der Waals surface area contributed by atoms with E-state index in [1.807, 2.05) is 6.07 Å². The van der Waals surface area contributed by atoms with Crippen LogP contribution in [0.2, 0.25) is 0 Å². The van der Waals surface area contributed by atoms with Gasteiger partial charge in [-0.2, -0.15) is 0 Å². The van der Waals surface area contributed by atoms with Gasteiger partial charge in [0.05, 0.1) is 0 Å². The maximum atomic E-state index is 12.8. The third-order valence-electron chi connectivity index (χ3n) is 1.67. The lowest BCUT2D eigenvalue weighted by Crippen LogP contribution is -1.90. The van der Waals surface area contributed by atoms with E-state index < -0.39 is 0 Å². The first-order chi connectivity index (χ1) is 5.25. The first kappa shape index (κ1) is 7.81. The molecule has 0 N–H and O–H groups in total. The van der Waals surface area contributed by atoms with Crippen molar-refractivity contribution in [2.24, 2.45) is 0 Å². The minimum Gasteiger partial charge on any atom is -0.207 e. The zero-order chi connectivity index (χ0) is 8.27. The summed E-state index contributed by atoms with van der Waals surface area (Å²) in [6.45, 7) is 1.74. The van der Waals surface area contributed by atoms with Crippen molar-refractivity contribution in [1.29, 1.82) is 0 Å². The number of halogens is 1. The van der Waals surface area contributed by atoms with E-state index in [1.165, 1.54) is 6.07 Å². The fraction of sp³-hybridized carbons (Fsp3) is 0.200. The second-order valence-electron chi connectivity index (χ2n) is 2.40. The van der Waals surface area contributed by atoms with Crippen LogP contribution in [-0.4, -0.2) is 0 Å². The van der Waals surface area contributed by atoms with Crippen LogP contribution in [0.25, 0.3) is 0 Å². The van der Waals surface area contributed by atoms with E-state index in [1.54, 1.807) is 13.0 Å². The molecule has 0 atom stereocenters. The summed E-state index contributed by atoms with van der Waals surface area (Å²) in [4.78, 5) is 0. The van der Waals surface area contributed by atoms with Gasteiger partial charge in [0.25, 0.3) is 0 Å². The Morgan fingerprint density at radius 1 is 1.55 bits per heavy atom. The standard InChI is InChI=1S/C10H9F/c1-3-5-9-6-4-7-10(11)8(9)2/h1,4,6-7H,5H2,2H3. The highest BCUT2D eigenvalue weighted by Gasteiger charge is 2.00. The van der Waals surface area contributed by atoms with Crippen LogP contribution in [0.4, 0.5) is 4.39 Å². The van der Waals surface area contributed by atoms with Crippen LogP contribution in [0.15, 0.2) is 18.2 Å². The van der Waals surface area contributed by atoms with Gasteiger partial charge in [-0.3, -0.25) is 0 Å². The Kier molecular flexibility index (Phi) is 2.28. The normalized spacial score (nSPS) is 9.18. The molecule has 11 heavy (non-hydrogen) atoms. The summed E-state index contributed by atoms with van der Waals surface area (Å²) in [5, 5.41) is 0. The molecule has 1 rings (SSSR count). The van der Waals surface area contributed by atoms with Crippen LogP contribution in [0, 0.1) is 25.1 Å². The Morgan fingerprint density at radius 2 is 2.27 bits per heavy atom. The van der Waals surface area contributed by atoms with Gasteiger partial charge in [0.1, 0.15) is 5.82 Å². The molecule has 0 bridgehead atoms. The number of terminal acetylenes is 1. The summed E-state index contributed by atoms with van der Waals surface area (Å²) in [5.41, 5.74) is 1.55. The second-order valence-corrected chi connectivity index (χ2v) is 2.40. The summed E-state index contributed by atoms with van der Waals surface area (Å²) in [6, 6.07) is 4.96. The second kappa shape index (κ2) is 3.21. The molecule has 1 heteroatoms. The minimum absolute atomic E-state index is 0.183. The molecule has 0 aliphatic carbocycles. The monoisotopic (exact) mass is 148 g/mol. The van der Waals surface area contributed by atoms with Crippen molar-refractivity contribution in [3.05, 3.63) is 35.1 Å². The summed E-state index contributed by atoms with van der Waals surface area (Å²) < 4.78 is 12.8. The molecule has 1 aromatic carbocycles. The van der Waals surface area contributed by atoms with Gasteiger partial charge in [-0.05, 0) is 24.1 Å². The van der Waals surface area contributed by atoms with E-state index in [-0.39, 0.29) is 5.82 Å². The van der Waals surface area contributed by atoms with E-state index in [9.17, 15) is 4.39 Å². The van der Waals surface area contributed by atoms with Crippen molar-refractivity contribution in [3.8, 4) is 12.3 Å². The Morgan fingerprint density at radius 3 is 2.91 bits per heavy atom. The molecule has 0 aromatic heterocycles. The fourth-order valence-corrected chi connectivity index (χ4v) is 0.954. The lowest BCUT2D eigenvalue weighted by atomic mass is 10.1. The molecular weight excluding hydrogens is 139 g/mol. The van der Waals surface area contributed by atoms with Crippen molar-refractivity contribution in [2.45, 2.75) is 13.3 Å². The van der Waals surface area contributed by atoms with E-state index in [2.05, 4.69) is 5.92 Å². The van der Waals surface area contributed by atoms with Gasteiger partial charge in [0.15, 0.2) is 0 Å². The van der Waals surface area contributed by atoms with Gasteiger partial charge in [0, 0.05) is 6.42 Å². The van der Waals surface area contributed by atoms with Crippen molar-refractivity contribution < 1.29 is 4.39 Å². The Balaban J connectivity index is 3.08. The molecule has 0 amide bonds. The van der Waals surface area contributed by atoms with E-state index in [0.29, 0.717) is 12.0 Å². The zero-order valence-electron chi connectivity index (χ0n) is 6.39. The summed E-state index contributed by atoms with van der Waals surface area (Å²) in [6.07, 6.45) is 5.61. The number of rotatable bonds is 1. The number of hydrogen-bond acceptors (Lipinski definition) is 0. The highest BCUT2D eigenvalue weighted by Crippen LogP contribution is 2.11. The highest BCUT2D eigenvalue weighted by atomic mass is 19.1. The summed E-state index contributed by atoms with van der Waals surface area (Å²) in [5.74, 6) is 2.30. The molecule has 0 aliphatic heterocycles. The average Bonchev–Trinajstić information content (AvgIpc) is 1.99. The molecule has 56 valence electrons. The van der Waals surface area contributed by atoms with Crippen LogP contribution < -0.4 is 0 Å². The fourth-order valence-electron chi connectivity index (χ4n) is 0.954. The Bertz CT molecular complexity index is 294. The number of benzene rings is 1. The highest BCUT2D eigenvalue weighted by molar-refractivity contribution is 5.29. The van der Waals surface area contributed by atoms with Crippen molar-refractivity contribution in [3.63, 3.8) is 0 Å². The molecule has 0 nitrogen and oxygen atoms in total. The summed E-state index contributed by atoms with van der Waals surface area (Å²) in [7, 11) is 0. The third kappa shape index (κ3) is 1.59. The average molecular weight is 148 g/mol. The lowest BCUT2D eigenvalue weighted by molar-refractivity contribution is 0.616.